The Bertz CT molecular complexity index is 1010. The van der Waals surface area contributed by atoms with E-state index in [9.17, 15) is 0 Å². The third-order valence-electron chi connectivity index (χ3n) is 5.39. The van der Waals surface area contributed by atoms with Crippen molar-refractivity contribution >= 4 is 16.7 Å². The zero-order chi connectivity index (χ0) is 18.5. The molecule has 0 bridgehead atoms. The highest BCUT2D eigenvalue weighted by Crippen LogP contribution is 2.40. The van der Waals surface area contributed by atoms with E-state index < -0.39 is 0 Å². The van der Waals surface area contributed by atoms with Crippen LogP contribution in [0.2, 0.25) is 0 Å². The molecule has 0 aliphatic carbocycles. The average Bonchev–Trinajstić information content (AvgIpc) is 3.14. The predicted molar refractivity (Wildman–Crippen MR) is 106 cm³/mol. The maximum Gasteiger partial charge on any atom is 0.183 e. The fraction of sp³-hybridized carbons (Fsp3) is 0.429. The molecule has 4 heterocycles. The molecule has 6 heteroatoms. The molecule has 2 aliphatic rings. The van der Waals surface area contributed by atoms with Crippen LogP contribution in [0.1, 0.15) is 31.0 Å². The van der Waals surface area contributed by atoms with E-state index in [0.717, 1.165) is 52.7 Å². The maximum absolute atomic E-state index is 6.12. The fourth-order valence-corrected chi connectivity index (χ4v) is 4.05. The number of hydrogen-bond acceptors (Lipinski definition) is 5. The number of hydrogen-bond donors (Lipinski definition) is 1. The largest absolute Gasteiger partial charge is 0.486 e. The number of nitrogens with zero attached hydrogens (tertiary/aromatic N) is 3. The Morgan fingerprint density at radius 2 is 2.11 bits per heavy atom. The molecule has 0 amide bonds. The zero-order valence-corrected chi connectivity index (χ0v) is 16.0. The highest BCUT2D eigenvalue weighted by Gasteiger charge is 2.34. The highest BCUT2D eigenvalue weighted by atomic mass is 16.5. The van der Waals surface area contributed by atoms with Crippen molar-refractivity contribution in [2.45, 2.75) is 32.7 Å². The summed E-state index contributed by atoms with van der Waals surface area (Å²) in [5.74, 6) is 2.77. The molecule has 2 aliphatic heterocycles. The first-order valence-electron chi connectivity index (χ1n) is 9.59. The Hall–Kier alpha value is -2.60. The zero-order valence-electron chi connectivity index (χ0n) is 16.0. The molecule has 27 heavy (non-hydrogen) atoms. The maximum atomic E-state index is 6.12. The monoisotopic (exact) mass is 364 g/mol. The van der Waals surface area contributed by atoms with Gasteiger partial charge in [0.15, 0.2) is 17.4 Å². The Morgan fingerprint density at radius 1 is 1.22 bits per heavy atom. The van der Waals surface area contributed by atoms with Gasteiger partial charge in [0, 0.05) is 29.2 Å². The van der Waals surface area contributed by atoms with Crippen molar-refractivity contribution in [1.29, 1.82) is 0 Å². The van der Waals surface area contributed by atoms with E-state index in [1.54, 1.807) is 0 Å². The van der Waals surface area contributed by atoms with Crippen LogP contribution in [0.3, 0.4) is 0 Å². The summed E-state index contributed by atoms with van der Waals surface area (Å²) in [5.41, 5.74) is 4.34. The van der Waals surface area contributed by atoms with Crippen molar-refractivity contribution in [2.75, 3.05) is 31.3 Å². The van der Waals surface area contributed by atoms with Crippen LogP contribution in [0.15, 0.2) is 24.4 Å². The lowest BCUT2D eigenvalue weighted by atomic mass is 10.0. The number of fused-ring (bicyclic) bond motifs is 4. The Labute approximate surface area is 158 Å². The normalized spacial score (nSPS) is 19.1. The van der Waals surface area contributed by atoms with Gasteiger partial charge in [0.25, 0.3) is 0 Å². The van der Waals surface area contributed by atoms with Crippen LogP contribution in [-0.4, -0.2) is 47.4 Å². The van der Waals surface area contributed by atoms with Crippen LogP contribution in [0.5, 0.6) is 5.75 Å². The number of aromatic nitrogens is 3. The van der Waals surface area contributed by atoms with Gasteiger partial charge in [-0.15, -0.1) is 0 Å². The van der Waals surface area contributed by atoms with Crippen LogP contribution < -0.4 is 9.64 Å². The van der Waals surface area contributed by atoms with Crippen molar-refractivity contribution < 1.29 is 9.47 Å². The Balaban J connectivity index is 1.74. The van der Waals surface area contributed by atoms with Gasteiger partial charge >= 0.3 is 0 Å². The Kier molecular flexibility index (Phi) is 3.82. The topological polar surface area (TPSA) is 63.3 Å². The van der Waals surface area contributed by atoms with Gasteiger partial charge in [-0.3, -0.25) is 0 Å². The predicted octanol–water partition coefficient (Wildman–Crippen LogP) is 3.65. The van der Waals surface area contributed by atoms with Gasteiger partial charge in [-0.25, -0.2) is 9.97 Å². The summed E-state index contributed by atoms with van der Waals surface area (Å²) in [5, 5.41) is 1.14. The molecule has 0 radical (unpaired) electrons. The minimum Gasteiger partial charge on any atom is -0.486 e. The summed E-state index contributed by atoms with van der Waals surface area (Å²) in [6, 6.07) is 6.64. The number of morpholine rings is 1. The first kappa shape index (κ1) is 16.6. The highest BCUT2D eigenvalue weighted by molar-refractivity contribution is 5.94. The number of rotatable bonds is 2. The molecule has 1 fully saturated rings. The lowest BCUT2D eigenvalue weighted by molar-refractivity contribution is 0.0692. The van der Waals surface area contributed by atoms with Crippen molar-refractivity contribution in [3.05, 3.63) is 35.7 Å². The lowest BCUT2D eigenvalue weighted by Gasteiger charge is -2.41. The van der Waals surface area contributed by atoms with E-state index in [-0.39, 0.29) is 12.0 Å². The third kappa shape index (κ3) is 2.67. The van der Waals surface area contributed by atoms with Crippen LogP contribution in [0.25, 0.3) is 22.3 Å². The quantitative estimate of drug-likeness (QED) is 0.752. The molecular weight excluding hydrogens is 340 g/mol. The van der Waals surface area contributed by atoms with E-state index in [2.05, 4.69) is 48.9 Å². The summed E-state index contributed by atoms with van der Waals surface area (Å²) in [7, 11) is 0. The molecular formula is C21H24N4O2. The fourth-order valence-electron chi connectivity index (χ4n) is 4.05. The number of nitrogens with one attached hydrogen (secondary N) is 1. The standard InChI is InChI=1S/C21H24N4O2/c1-12(2)18-19-21(25-6-7-26-10-14(25)11-27-19)24-20(23-18)16-8-13(3)9-17-15(16)4-5-22-17/h4-5,8-9,12,14,22H,6-7,10-11H2,1-3H3/t14-/m0/s1. The second kappa shape index (κ2) is 6.23. The first-order chi connectivity index (χ1) is 13.1. The van der Waals surface area contributed by atoms with E-state index >= 15 is 0 Å². The van der Waals surface area contributed by atoms with Crippen LogP contribution in [0.4, 0.5) is 5.82 Å². The molecule has 0 spiro atoms. The van der Waals surface area contributed by atoms with Crippen molar-refractivity contribution in [3.8, 4) is 17.1 Å². The summed E-state index contributed by atoms with van der Waals surface area (Å²) in [6.45, 7) is 9.28. The molecule has 1 atom stereocenters. The minimum absolute atomic E-state index is 0.221. The summed E-state index contributed by atoms with van der Waals surface area (Å²) in [4.78, 5) is 15.6. The smallest absolute Gasteiger partial charge is 0.183 e. The summed E-state index contributed by atoms with van der Waals surface area (Å²) >= 11 is 0. The molecule has 3 aromatic rings. The third-order valence-corrected chi connectivity index (χ3v) is 5.39. The van der Waals surface area contributed by atoms with Crippen molar-refractivity contribution in [2.24, 2.45) is 0 Å². The SMILES string of the molecule is Cc1cc(-c2nc(C(C)C)c3c(n2)N2CCOC[C@H]2CO3)c2cc[nH]c2c1. The van der Waals surface area contributed by atoms with Gasteiger partial charge in [0.1, 0.15) is 6.61 Å². The molecule has 1 aromatic carbocycles. The van der Waals surface area contributed by atoms with E-state index in [1.807, 2.05) is 6.20 Å². The summed E-state index contributed by atoms with van der Waals surface area (Å²) in [6.07, 6.45) is 1.97. The summed E-state index contributed by atoms with van der Waals surface area (Å²) < 4.78 is 11.8. The van der Waals surface area contributed by atoms with Crippen LogP contribution in [0, 0.1) is 6.92 Å². The molecule has 1 N–H and O–H groups in total. The first-order valence-corrected chi connectivity index (χ1v) is 9.59. The number of H-pyrrole nitrogens is 1. The number of aromatic amines is 1. The Morgan fingerprint density at radius 3 is 2.96 bits per heavy atom. The van der Waals surface area contributed by atoms with Gasteiger partial charge in [0.2, 0.25) is 0 Å². The van der Waals surface area contributed by atoms with E-state index in [4.69, 9.17) is 19.4 Å². The molecule has 0 saturated carbocycles. The molecule has 1 saturated heterocycles. The molecule has 0 unspecified atom stereocenters. The van der Waals surface area contributed by atoms with Crippen molar-refractivity contribution in [3.63, 3.8) is 0 Å². The number of anilines is 1. The minimum atomic E-state index is 0.221. The van der Waals surface area contributed by atoms with E-state index in [0.29, 0.717) is 13.2 Å². The van der Waals surface area contributed by atoms with Crippen LogP contribution in [-0.2, 0) is 4.74 Å². The molecule has 140 valence electrons. The number of aryl methyl sites for hydroxylation is 1. The number of benzene rings is 1. The van der Waals surface area contributed by atoms with E-state index in [1.165, 1.54) is 5.56 Å². The van der Waals surface area contributed by atoms with Gasteiger partial charge < -0.3 is 19.4 Å². The second-order valence-corrected chi connectivity index (χ2v) is 7.72. The second-order valence-electron chi connectivity index (χ2n) is 7.72. The molecule has 5 rings (SSSR count). The molecule has 2 aromatic heterocycles. The van der Waals surface area contributed by atoms with Gasteiger partial charge in [-0.05, 0) is 36.6 Å². The van der Waals surface area contributed by atoms with Crippen molar-refractivity contribution in [1.82, 2.24) is 15.0 Å². The van der Waals surface area contributed by atoms with Gasteiger partial charge in [-0.2, -0.15) is 0 Å². The number of ether oxygens (including phenoxy) is 2. The van der Waals surface area contributed by atoms with Gasteiger partial charge in [-0.1, -0.05) is 13.8 Å². The van der Waals surface area contributed by atoms with Crippen LogP contribution >= 0.6 is 0 Å². The van der Waals surface area contributed by atoms with Gasteiger partial charge in [0.05, 0.1) is 24.9 Å². The lowest BCUT2D eigenvalue weighted by Crippen LogP contribution is -2.51. The molecule has 6 nitrogen and oxygen atoms in total. The average molecular weight is 364 g/mol.